The number of hydrogen-bond acceptors (Lipinski definition) is 4. The number of aromatic amines is 1. The van der Waals surface area contributed by atoms with E-state index in [-0.39, 0.29) is 24.3 Å². The average Bonchev–Trinajstić information content (AvgIpc) is 2.67. The molecule has 1 N–H and O–H groups in total. The molecule has 6 heteroatoms. The third-order valence-electron chi connectivity index (χ3n) is 2.84. The van der Waals surface area contributed by atoms with Crippen LogP contribution >= 0.6 is 0 Å². The first-order valence-electron chi connectivity index (χ1n) is 6.83. The van der Waals surface area contributed by atoms with E-state index < -0.39 is 0 Å². The van der Waals surface area contributed by atoms with Crippen molar-refractivity contribution in [1.29, 1.82) is 0 Å². The Labute approximate surface area is 119 Å². The maximum atomic E-state index is 12.6. The summed E-state index contributed by atoms with van der Waals surface area (Å²) in [6.07, 6.45) is 0. The number of nitrogens with one attached hydrogen (secondary N) is 1. The van der Waals surface area contributed by atoms with Gasteiger partial charge in [-0.05, 0) is 26.7 Å². The largest absolute Gasteiger partial charge is 0.465 e. The van der Waals surface area contributed by atoms with Gasteiger partial charge in [0.2, 0.25) is 0 Å². The van der Waals surface area contributed by atoms with Crippen LogP contribution in [0, 0.1) is 19.8 Å². The lowest BCUT2D eigenvalue weighted by Crippen LogP contribution is -2.39. The lowest BCUT2D eigenvalue weighted by atomic mass is 10.1. The number of rotatable bonds is 6. The third kappa shape index (κ3) is 4.08. The van der Waals surface area contributed by atoms with Gasteiger partial charge in [0.25, 0.3) is 5.91 Å². The molecular formula is C14H23N3O3. The molecule has 112 valence electrons. The van der Waals surface area contributed by atoms with Gasteiger partial charge in [0, 0.05) is 12.2 Å². The van der Waals surface area contributed by atoms with E-state index in [1.165, 1.54) is 4.90 Å². The Kier molecular flexibility index (Phi) is 5.73. The fourth-order valence-electron chi connectivity index (χ4n) is 2.05. The van der Waals surface area contributed by atoms with Gasteiger partial charge >= 0.3 is 5.97 Å². The number of amides is 1. The first-order chi connectivity index (χ1) is 9.36. The van der Waals surface area contributed by atoms with Crippen molar-refractivity contribution in [2.45, 2.75) is 34.6 Å². The zero-order chi connectivity index (χ0) is 15.3. The summed E-state index contributed by atoms with van der Waals surface area (Å²) in [5.41, 5.74) is 1.89. The van der Waals surface area contributed by atoms with Crippen LogP contribution in [0.25, 0.3) is 0 Å². The van der Waals surface area contributed by atoms with Crippen LogP contribution in [-0.4, -0.2) is 46.7 Å². The number of carbonyl (C=O) groups excluding carboxylic acids is 2. The van der Waals surface area contributed by atoms with E-state index in [2.05, 4.69) is 10.2 Å². The fraction of sp³-hybridized carbons (Fsp3) is 0.643. The summed E-state index contributed by atoms with van der Waals surface area (Å²) >= 11 is 0. The molecule has 0 saturated heterocycles. The van der Waals surface area contributed by atoms with Gasteiger partial charge in [0.1, 0.15) is 6.54 Å². The van der Waals surface area contributed by atoms with Gasteiger partial charge in [0.15, 0.2) is 0 Å². The molecule has 0 aliphatic rings. The minimum atomic E-state index is -0.389. The number of aryl methyl sites for hydroxylation is 2. The molecule has 1 aromatic rings. The highest BCUT2D eigenvalue weighted by molar-refractivity contribution is 5.97. The lowest BCUT2D eigenvalue weighted by molar-refractivity contribution is -0.143. The Balaban J connectivity index is 2.93. The van der Waals surface area contributed by atoms with E-state index >= 15 is 0 Å². The minimum absolute atomic E-state index is 0.0328. The van der Waals surface area contributed by atoms with Crippen LogP contribution in [0.2, 0.25) is 0 Å². The lowest BCUT2D eigenvalue weighted by Gasteiger charge is -2.23. The van der Waals surface area contributed by atoms with Crippen LogP contribution in [0.4, 0.5) is 0 Å². The smallest absolute Gasteiger partial charge is 0.325 e. The number of H-pyrrole nitrogens is 1. The van der Waals surface area contributed by atoms with E-state index in [0.29, 0.717) is 30.1 Å². The number of esters is 1. The maximum absolute atomic E-state index is 12.6. The molecule has 0 fully saturated rings. The molecule has 0 aliphatic heterocycles. The van der Waals surface area contributed by atoms with Gasteiger partial charge in [-0.3, -0.25) is 14.7 Å². The number of aromatic nitrogens is 2. The van der Waals surface area contributed by atoms with Crippen LogP contribution in [0.5, 0.6) is 0 Å². The van der Waals surface area contributed by atoms with Gasteiger partial charge in [-0.1, -0.05) is 13.8 Å². The summed E-state index contributed by atoms with van der Waals surface area (Å²) in [5.74, 6) is -0.309. The van der Waals surface area contributed by atoms with Crippen molar-refractivity contribution in [2.24, 2.45) is 5.92 Å². The summed E-state index contributed by atoms with van der Waals surface area (Å²) in [6.45, 7) is 10.1. The predicted octanol–water partition coefficient (Wildman–Crippen LogP) is 1.69. The van der Waals surface area contributed by atoms with Gasteiger partial charge in [-0.25, -0.2) is 0 Å². The van der Waals surface area contributed by atoms with Crippen LogP contribution in [-0.2, 0) is 9.53 Å². The molecule has 1 rings (SSSR count). The van der Waals surface area contributed by atoms with Crippen molar-refractivity contribution in [3.8, 4) is 0 Å². The number of nitrogens with zero attached hydrogens (tertiary/aromatic N) is 2. The molecule has 0 atom stereocenters. The zero-order valence-electron chi connectivity index (χ0n) is 12.8. The zero-order valence-corrected chi connectivity index (χ0v) is 12.8. The fourth-order valence-corrected chi connectivity index (χ4v) is 2.05. The molecule has 0 aliphatic carbocycles. The molecule has 0 bridgehead atoms. The summed E-state index contributed by atoms with van der Waals surface area (Å²) < 4.78 is 4.93. The van der Waals surface area contributed by atoms with Gasteiger partial charge in [0.05, 0.1) is 17.9 Å². The molecule has 0 spiro atoms. The molecule has 0 radical (unpaired) electrons. The average molecular weight is 281 g/mol. The van der Waals surface area contributed by atoms with Crippen LogP contribution < -0.4 is 0 Å². The molecule has 1 amide bonds. The maximum Gasteiger partial charge on any atom is 0.325 e. The Morgan fingerprint density at radius 1 is 1.35 bits per heavy atom. The molecule has 6 nitrogen and oxygen atoms in total. The highest BCUT2D eigenvalue weighted by Gasteiger charge is 2.24. The van der Waals surface area contributed by atoms with Crippen molar-refractivity contribution in [1.82, 2.24) is 15.1 Å². The Hall–Kier alpha value is -1.85. The van der Waals surface area contributed by atoms with Gasteiger partial charge in [-0.2, -0.15) is 5.10 Å². The first-order valence-corrected chi connectivity index (χ1v) is 6.83. The molecule has 1 aromatic heterocycles. The highest BCUT2D eigenvalue weighted by atomic mass is 16.5. The van der Waals surface area contributed by atoms with Crippen molar-refractivity contribution >= 4 is 11.9 Å². The van der Waals surface area contributed by atoms with E-state index in [4.69, 9.17) is 4.74 Å². The van der Waals surface area contributed by atoms with Crippen molar-refractivity contribution in [3.63, 3.8) is 0 Å². The predicted molar refractivity (Wildman–Crippen MR) is 75.4 cm³/mol. The third-order valence-corrected chi connectivity index (χ3v) is 2.84. The SMILES string of the molecule is CCOC(=O)CN(CC(C)C)C(=O)c1c(C)n[nH]c1C. The van der Waals surface area contributed by atoms with Crippen LogP contribution in [0.1, 0.15) is 42.5 Å². The molecular weight excluding hydrogens is 258 g/mol. The van der Waals surface area contributed by atoms with Crippen molar-refractivity contribution in [3.05, 3.63) is 17.0 Å². The molecule has 0 unspecified atom stereocenters. The summed E-state index contributed by atoms with van der Waals surface area (Å²) in [7, 11) is 0. The van der Waals surface area contributed by atoms with E-state index in [1.807, 2.05) is 13.8 Å². The number of ether oxygens (including phenoxy) is 1. The number of carbonyl (C=O) groups is 2. The highest BCUT2D eigenvalue weighted by Crippen LogP contribution is 2.14. The van der Waals surface area contributed by atoms with E-state index in [1.54, 1.807) is 20.8 Å². The monoisotopic (exact) mass is 281 g/mol. The number of hydrogen-bond donors (Lipinski definition) is 1. The molecule has 1 heterocycles. The topological polar surface area (TPSA) is 75.3 Å². The summed E-state index contributed by atoms with van der Waals surface area (Å²) in [4.78, 5) is 25.7. The van der Waals surface area contributed by atoms with E-state index in [9.17, 15) is 9.59 Å². The summed E-state index contributed by atoms with van der Waals surface area (Å²) in [5, 5.41) is 6.82. The summed E-state index contributed by atoms with van der Waals surface area (Å²) in [6, 6.07) is 0. The second kappa shape index (κ2) is 7.07. The quantitative estimate of drug-likeness (QED) is 0.805. The molecule has 0 saturated carbocycles. The Bertz CT molecular complexity index is 461. The standard InChI is InChI=1S/C14H23N3O3/c1-6-20-12(18)8-17(7-9(2)3)14(19)13-10(4)15-16-11(13)5/h9H,6-8H2,1-5H3,(H,15,16). The van der Waals surface area contributed by atoms with Gasteiger partial charge < -0.3 is 9.64 Å². The van der Waals surface area contributed by atoms with Crippen LogP contribution in [0.3, 0.4) is 0 Å². The van der Waals surface area contributed by atoms with Crippen LogP contribution in [0.15, 0.2) is 0 Å². The molecule has 0 aromatic carbocycles. The second-order valence-electron chi connectivity index (χ2n) is 5.19. The Morgan fingerprint density at radius 2 is 2.00 bits per heavy atom. The Morgan fingerprint density at radius 3 is 2.45 bits per heavy atom. The molecule has 20 heavy (non-hydrogen) atoms. The van der Waals surface area contributed by atoms with Gasteiger partial charge in [-0.15, -0.1) is 0 Å². The normalized spacial score (nSPS) is 10.7. The minimum Gasteiger partial charge on any atom is -0.465 e. The second-order valence-corrected chi connectivity index (χ2v) is 5.19. The van der Waals surface area contributed by atoms with Crippen molar-refractivity contribution in [2.75, 3.05) is 19.7 Å². The van der Waals surface area contributed by atoms with Crippen molar-refractivity contribution < 1.29 is 14.3 Å². The first kappa shape index (κ1) is 16.2. The van der Waals surface area contributed by atoms with E-state index in [0.717, 1.165) is 0 Å².